The Labute approximate surface area is 154 Å². The van der Waals surface area contributed by atoms with Gasteiger partial charge in [0.2, 0.25) is 0 Å². The largest absolute Gasteiger partial charge is 0.480 e. The molecule has 25 heavy (non-hydrogen) atoms. The van der Waals surface area contributed by atoms with Crippen LogP contribution in [0.3, 0.4) is 0 Å². The molecular weight excluding hydrogens is 310 g/mol. The lowest BCUT2D eigenvalue weighted by molar-refractivity contribution is -0.141. The van der Waals surface area contributed by atoms with Gasteiger partial charge in [-0.15, -0.1) is 0 Å². The van der Waals surface area contributed by atoms with Gasteiger partial charge in [-0.3, -0.25) is 0 Å². The van der Waals surface area contributed by atoms with Crippen LogP contribution in [0, 0.1) is 0 Å². The van der Waals surface area contributed by atoms with Crippen molar-refractivity contribution in [2.75, 3.05) is 0 Å². The molecule has 0 radical (unpaired) electrons. The molecule has 1 rings (SSSR count). The lowest BCUT2D eigenvalue weighted by atomic mass is 10.1. The van der Waals surface area contributed by atoms with Crippen LogP contribution < -0.4 is 0 Å². The maximum absolute atomic E-state index is 11.3. The Kier molecular flexibility index (Phi) is 12.7. The van der Waals surface area contributed by atoms with Crippen molar-refractivity contribution < 1.29 is 9.90 Å². The Bertz CT molecular complexity index is 451. The fraction of sp³-hybridized carbons (Fsp3) is 0.682. The molecule has 142 valence electrons. The van der Waals surface area contributed by atoms with Crippen molar-refractivity contribution in [3.05, 3.63) is 36.7 Å². The van der Waals surface area contributed by atoms with Crippen LogP contribution in [-0.2, 0) is 4.79 Å². The topological polar surface area (TPSA) is 42.2 Å². The predicted octanol–water partition coefficient (Wildman–Crippen LogP) is 6.76. The Balaban J connectivity index is 1.94. The van der Waals surface area contributed by atoms with Crippen LogP contribution in [0.25, 0.3) is 0 Å². The maximum Gasteiger partial charge on any atom is 0.326 e. The van der Waals surface area contributed by atoms with E-state index in [0.717, 1.165) is 25.7 Å². The number of aliphatic carboxylic acids is 1. The van der Waals surface area contributed by atoms with Crippen LogP contribution in [0.5, 0.6) is 0 Å². The summed E-state index contributed by atoms with van der Waals surface area (Å²) in [7, 11) is 0. The molecule has 0 fully saturated rings. The van der Waals surface area contributed by atoms with E-state index in [-0.39, 0.29) is 0 Å². The molecule has 1 atom stereocenters. The molecule has 3 heteroatoms. The van der Waals surface area contributed by atoms with Crippen molar-refractivity contribution in [1.82, 2.24) is 4.57 Å². The zero-order valence-corrected chi connectivity index (χ0v) is 16.0. The average Bonchev–Trinajstić information content (AvgIpc) is 3.12. The van der Waals surface area contributed by atoms with Crippen molar-refractivity contribution in [3.8, 4) is 0 Å². The van der Waals surface area contributed by atoms with Gasteiger partial charge in [-0.25, -0.2) is 4.79 Å². The molecule has 0 aliphatic rings. The number of hydrogen-bond acceptors (Lipinski definition) is 1. The van der Waals surface area contributed by atoms with Crippen molar-refractivity contribution in [2.45, 2.75) is 96.4 Å². The van der Waals surface area contributed by atoms with Crippen LogP contribution in [0.4, 0.5) is 0 Å². The number of carboxylic acids is 1. The smallest absolute Gasteiger partial charge is 0.326 e. The van der Waals surface area contributed by atoms with Crippen molar-refractivity contribution >= 4 is 5.97 Å². The summed E-state index contributed by atoms with van der Waals surface area (Å²) in [6.07, 6.45) is 24.2. The summed E-state index contributed by atoms with van der Waals surface area (Å²) in [4.78, 5) is 11.3. The van der Waals surface area contributed by atoms with Gasteiger partial charge < -0.3 is 9.67 Å². The zero-order chi connectivity index (χ0) is 18.2. The van der Waals surface area contributed by atoms with Gasteiger partial charge in [0.15, 0.2) is 0 Å². The molecule has 1 heterocycles. The standard InChI is InChI=1S/C22H37NO2/c1-2-3-4-5-6-7-8-9-10-11-12-13-14-15-18-21(22(24)25)23-19-16-17-20-23/h9-10,16-17,19-21H,2-8,11-15,18H2,1H3,(H,24,25)/b10-9-. The molecule has 0 bridgehead atoms. The third-order valence-electron chi connectivity index (χ3n) is 4.76. The van der Waals surface area contributed by atoms with Gasteiger partial charge in [0.1, 0.15) is 6.04 Å². The van der Waals surface area contributed by atoms with Gasteiger partial charge in [0.05, 0.1) is 0 Å². The van der Waals surface area contributed by atoms with Crippen LogP contribution in [0.15, 0.2) is 36.7 Å². The van der Waals surface area contributed by atoms with Gasteiger partial charge in [-0.2, -0.15) is 0 Å². The Morgan fingerprint density at radius 1 is 0.880 bits per heavy atom. The Morgan fingerprint density at radius 2 is 1.40 bits per heavy atom. The molecule has 0 saturated carbocycles. The lowest BCUT2D eigenvalue weighted by Gasteiger charge is -2.13. The van der Waals surface area contributed by atoms with E-state index in [9.17, 15) is 9.90 Å². The number of carbonyl (C=O) groups is 1. The minimum atomic E-state index is -0.728. The number of hydrogen-bond donors (Lipinski definition) is 1. The van der Waals surface area contributed by atoms with E-state index in [1.54, 1.807) is 4.57 Å². The second kappa shape index (κ2) is 14.8. The van der Waals surface area contributed by atoms with Gasteiger partial charge in [0.25, 0.3) is 0 Å². The molecule has 0 aliphatic carbocycles. The summed E-state index contributed by atoms with van der Waals surface area (Å²) < 4.78 is 1.80. The number of nitrogens with zero attached hydrogens (tertiary/aromatic N) is 1. The van der Waals surface area contributed by atoms with E-state index in [4.69, 9.17) is 0 Å². The van der Waals surface area contributed by atoms with Gasteiger partial charge in [-0.05, 0) is 44.2 Å². The van der Waals surface area contributed by atoms with Gasteiger partial charge >= 0.3 is 5.97 Å². The summed E-state index contributed by atoms with van der Waals surface area (Å²) >= 11 is 0. The monoisotopic (exact) mass is 347 g/mol. The van der Waals surface area contributed by atoms with E-state index in [2.05, 4.69) is 19.1 Å². The Hall–Kier alpha value is -1.51. The summed E-state index contributed by atoms with van der Waals surface area (Å²) in [5, 5.41) is 9.32. The fourth-order valence-electron chi connectivity index (χ4n) is 3.19. The second-order valence-corrected chi connectivity index (χ2v) is 7.00. The third kappa shape index (κ3) is 10.9. The molecule has 1 aromatic rings. The first-order valence-corrected chi connectivity index (χ1v) is 10.3. The minimum Gasteiger partial charge on any atom is -0.480 e. The van der Waals surface area contributed by atoms with Crippen LogP contribution in [-0.4, -0.2) is 15.6 Å². The van der Waals surface area contributed by atoms with Crippen molar-refractivity contribution in [1.29, 1.82) is 0 Å². The number of allylic oxidation sites excluding steroid dienone is 2. The van der Waals surface area contributed by atoms with Crippen LogP contribution in [0.2, 0.25) is 0 Å². The first-order chi connectivity index (χ1) is 12.3. The highest BCUT2D eigenvalue weighted by Gasteiger charge is 2.17. The van der Waals surface area contributed by atoms with Crippen molar-refractivity contribution in [3.63, 3.8) is 0 Å². The Morgan fingerprint density at radius 3 is 1.96 bits per heavy atom. The molecule has 0 amide bonds. The van der Waals surface area contributed by atoms with E-state index in [1.807, 2.05) is 24.5 Å². The van der Waals surface area contributed by atoms with Crippen LogP contribution in [0.1, 0.15) is 96.4 Å². The lowest BCUT2D eigenvalue weighted by Crippen LogP contribution is -2.17. The highest BCUT2D eigenvalue weighted by Crippen LogP contribution is 2.17. The number of rotatable bonds is 16. The highest BCUT2D eigenvalue weighted by molar-refractivity contribution is 5.71. The molecule has 0 aliphatic heterocycles. The van der Waals surface area contributed by atoms with E-state index >= 15 is 0 Å². The normalized spacial score (nSPS) is 12.7. The fourth-order valence-corrected chi connectivity index (χ4v) is 3.19. The van der Waals surface area contributed by atoms with E-state index in [0.29, 0.717) is 0 Å². The van der Waals surface area contributed by atoms with Crippen molar-refractivity contribution in [2.24, 2.45) is 0 Å². The summed E-state index contributed by atoms with van der Waals surface area (Å²) in [5.41, 5.74) is 0. The number of aromatic nitrogens is 1. The zero-order valence-electron chi connectivity index (χ0n) is 16.0. The number of carboxylic acid groups (broad SMARTS) is 1. The molecule has 1 unspecified atom stereocenters. The first-order valence-electron chi connectivity index (χ1n) is 10.3. The van der Waals surface area contributed by atoms with Crippen LogP contribution >= 0.6 is 0 Å². The molecule has 0 saturated heterocycles. The average molecular weight is 348 g/mol. The third-order valence-corrected chi connectivity index (χ3v) is 4.76. The summed E-state index contributed by atoms with van der Waals surface area (Å²) in [6, 6.07) is 3.35. The number of unbranched alkanes of at least 4 members (excludes halogenated alkanes) is 10. The van der Waals surface area contributed by atoms with E-state index < -0.39 is 12.0 Å². The molecule has 0 aromatic carbocycles. The SMILES string of the molecule is CCCCCCCC/C=C\CCCCCCC(C(=O)O)n1cccc1. The first kappa shape index (κ1) is 21.5. The highest BCUT2D eigenvalue weighted by atomic mass is 16.4. The molecular formula is C22H37NO2. The summed E-state index contributed by atoms with van der Waals surface area (Å²) in [5.74, 6) is -0.728. The molecule has 0 spiro atoms. The summed E-state index contributed by atoms with van der Waals surface area (Å²) in [6.45, 7) is 2.26. The molecule has 3 nitrogen and oxygen atoms in total. The second-order valence-electron chi connectivity index (χ2n) is 7.00. The van der Waals surface area contributed by atoms with Gasteiger partial charge in [-0.1, -0.05) is 70.4 Å². The molecule has 1 aromatic heterocycles. The minimum absolute atomic E-state index is 0.410. The van der Waals surface area contributed by atoms with E-state index in [1.165, 1.54) is 57.8 Å². The molecule has 1 N–H and O–H groups in total. The van der Waals surface area contributed by atoms with Gasteiger partial charge in [0, 0.05) is 12.4 Å². The quantitative estimate of drug-likeness (QED) is 0.265. The maximum atomic E-state index is 11.3. The predicted molar refractivity (Wildman–Crippen MR) is 106 cm³/mol.